The van der Waals surface area contributed by atoms with Gasteiger partial charge < -0.3 is 23.5 Å². The summed E-state index contributed by atoms with van der Waals surface area (Å²) in [5, 5.41) is 10.2. The molecular formula is C66H40BN5. The van der Waals surface area contributed by atoms with Gasteiger partial charge in [0, 0.05) is 88.6 Å². The van der Waals surface area contributed by atoms with Crippen LogP contribution in [0.1, 0.15) is 0 Å². The number of rotatable bonds is 5. The first-order chi connectivity index (χ1) is 35.8. The standard InChI is InChI=1S/C66H40BN5/c1-5-19-41(20-6-1)68(42-21-7-2-8-22-42)45-35-62-64-63(36-45)70(44-25-11-4-12-26-44)61-40-59-53(51-32-18-30-49-47-28-14-16-34-57(47)72(59)66(49)51)38-55(61)67(64)54-37-52-50-31-17-29-48-46-27-13-15-33-56(46)71(65(48)50)58(52)39-60(54)69(62)43-23-9-3-10-24-43/h1-40H. The highest BCUT2D eigenvalue weighted by Gasteiger charge is 2.45. The highest BCUT2D eigenvalue weighted by Crippen LogP contribution is 2.51. The first-order valence-electron chi connectivity index (χ1n) is 25.0. The monoisotopic (exact) mass is 913 g/mol. The maximum atomic E-state index is 2.57. The minimum Gasteiger partial charge on any atom is -0.311 e. The Morgan fingerprint density at radius 1 is 0.278 bits per heavy atom. The van der Waals surface area contributed by atoms with Crippen molar-refractivity contribution in [1.29, 1.82) is 0 Å². The molecule has 17 rings (SSSR count). The second kappa shape index (κ2) is 14.1. The molecule has 72 heavy (non-hydrogen) atoms. The van der Waals surface area contributed by atoms with E-state index in [2.05, 4.69) is 266 Å². The van der Waals surface area contributed by atoms with Crippen molar-refractivity contribution in [2.75, 3.05) is 14.7 Å². The second-order valence-electron chi connectivity index (χ2n) is 19.6. The fourth-order valence-corrected chi connectivity index (χ4v) is 13.3. The van der Waals surface area contributed by atoms with Crippen LogP contribution < -0.4 is 31.1 Å². The quantitative estimate of drug-likeness (QED) is 0.160. The van der Waals surface area contributed by atoms with Gasteiger partial charge in [-0.05, 0) is 101 Å². The zero-order valence-electron chi connectivity index (χ0n) is 38.9. The average Bonchev–Trinajstić information content (AvgIpc) is 4.17. The molecule has 0 aliphatic carbocycles. The Kier molecular flexibility index (Phi) is 7.49. The second-order valence-corrected chi connectivity index (χ2v) is 19.6. The molecule has 2 aliphatic rings. The van der Waals surface area contributed by atoms with Gasteiger partial charge in [-0.25, -0.2) is 0 Å². The summed E-state index contributed by atoms with van der Waals surface area (Å²) in [6.07, 6.45) is 0. The lowest BCUT2D eigenvalue weighted by molar-refractivity contribution is 1.23. The molecule has 11 aromatic carbocycles. The summed E-state index contributed by atoms with van der Waals surface area (Å²) in [6.45, 7) is -0.113. The van der Waals surface area contributed by atoms with Gasteiger partial charge in [-0.2, -0.15) is 0 Å². The number of hydrogen-bond acceptors (Lipinski definition) is 3. The molecule has 5 nitrogen and oxygen atoms in total. The SMILES string of the molecule is c1ccc(N(c2ccccc2)c2cc3c4c(c2)N(c2ccccc2)c2cc5c(cc2B4c2cc4c6cccc7c8ccccc8n(c4cc2N3c2ccccc2)c76)c2cccc3c4ccccc4n5c32)cc1. The Morgan fingerprint density at radius 3 is 1.10 bits per heavy atom. The molecule has 332 valence electrons. The van der Waals surface area contributed by atoms with E-state index in [-0.39, 0.29) is 6.71 Å². The first kappa shape index (κ1) is 38.3. The van der Waals surface area contributed by atoms with Crippen LogP contribution in [0, 0.1) is 0 Å². The number of nitrogens with zero attached hydrogens (tertiary/aromatic N) is 5. The summed E-state index contributed by atoms with van der Waals surface area (Å²) < 4.78 is 5.06. The largest absolute Gasteiger partial charge is 0.311 e. The zero-order chi connectivity index (χ0) is 46.8. The Bertz CT molecular complexity index is 4400. The van der Waals surface area contributed by atoms with E-state index in [1.807, 2.05) is 0 Å². The molecule has 4 aromatic heterocycles. The molecule has 15 aromatic rings. The lowest BCUT2D eigenvalue weighted by Gasteiger charge is -2.45. The number of benzene rings is 11. The van der Waals surface area contributed by atoms with Gasteiger partial charge in [0.1, 0.15) is 0 Å². The van der Waals surface area contributed by atoms with Crippen LogP contribution in [0.3, 0.4) is 0 Å². The van der Waals surface area contributed by atoms with Crippen LogP contribution in [0.25, 0.3) is 76.2 Å². The van der Waals surface area contributed by atoms with Crippen LogP contribution in [0.5, 0.6) is 0 Å². The Morgan fingerprint density at radius 2 is 0.653 bits per heavy atom. The van der Waals surface area contributed by atoms with Crippen LogP contribution in [-0.2, 0) is 0 Å². The third kappa shape index (κ3) is 4.92. The zero-order valence-corrected chi connectivity index (χ0v) is 38.9. The lowest BCUT2D eigenvalue weighted by Crippen LogP contribution is -2.61. The third-order valence-electron chi connectivity index (χ3n) is 16.1. The summed E-state index contributed by atoms with van der Waals surface area (Å²) in [7, 11) is 0. The van der Waals surface area contributed by atoms with E-state index in [1.165, 1.54) is 104 Å². The van der Waals surface area contributed by atoms with E-state index in [4.69, 9.17) is 0 Å². The molecular weight excluding hydrogens is 874 g/mol. The van der Waals surface area contributed by atoms with Crippen molar-refractivity contribution < 1.29 is 0 Å². The van der Waals surface area contributed by atoms with Crippen LogP contribution in [0.2, 0.25) is 0 Å². The molecule has 0 atom stereocenters. The predicted molar refractivity (Wildman–Crippen MR) is 304 cm³/mol. The van der Waals surface area contributed by atoms with Crippen molar-refractivity contribution in [2.24, 2.45) is 0 Å². The molecule has 0 radical (unpaired) electrons. The summed E-state index contributed by atoms with van der Waals surface area (Å²) in [5.41, 5.74) is 21.5. The van der Waals surface area contributed by atoms with Crippen molar-refractivity contribution in [3.8, 4) is 0 Å². The Labute approximate surface area is 414 Å². The van der Waals surface area contributed by atoms with Gasteiger partial charge in [-0.1, -0.05) is 158 Å². The highest BCUT2D eigenvalue weighted by atomic mass is 15.2. The van der Waals surface area contributed by atoms with E-state index in [1.54, 1.807) is 0 Å². The predicted octanol–water partition coefficient (Wildman–Crippen LogP) is 15.5. The van der Waals surface area contributed by atoms with E-state index in [0.717, 1.165) is 39.8 Å². The normalized spacial score (nSPS) is 13.2. The van der Waals surface area contributed by atoms with E-state index < -0.39 is 0 Å². The number of fused-ring (bicyclic) bond motifs is 16. The molecule has 0 amide bonds. The van der Waals surface area contributed by atoms with Crippen LogP contribution >= 0.6 is 0 Å². The van der Waals surface area contributed by atoms with Gasteiger partial charge in [0.05, 0.1) is 38.8 Å². The van der Waals surface area contributed by atoms with Gasteiger partial charge in [0.25, 0.3) is 6.71 Å². The van der Waals surface area contributed by atoms with E-state index in [0.29, 0.717) is 0 Å². The van der Waals surface area contributed by atoms with Crippen molar-refractivity contribution >= 4 is 150 Å². The summed E-state index contributed by atoms with van der Waals surface area (Å²) >= 11 is 0. The molecule has 0 unspecified atom stereocenters. The molecule has 0 spiro atoms. The topological polar surface area (TPSA) is 18.5 Å². The fraction of sp³-hybridized carbons (Fsp3) is 0. The van der Waals surface area contributed by atoms with Gasteiger partial charge in [-0.3, -0.25) is 0 Å². The molecule has 2 aliphatic heterocycles. The maximum absolute atomic E-state index is 2.57. The minimum absolute atomic E-state index is 0.113. The van der Waals surface area contributed by atoms with E-state index >= 15 is 0 Å². The van der Waals surface area contributed by atoms with Crippen LogP contribution in [0.15, 0.2) is 243 Å². The number of anilines is 9. The molecule has 6 heterocycles. The van der Waals surface area contributed by atoms with Crippen LogP contribution in [0.4, 0.5) is 51.2 Å². The summed E-state index contributed by atoms with van der Waals surface area (Å²) in [4.78, 5) is 7.55. The molecule has 0 bridgehead atoms. The number of hydrogen-bond donors (Lipinski definition) is 0. The fourth-order valence-electron chi connectivity index (χ4n) is 13.3. The van der Waals surface area contributed by atoms with Gasteiger partial charge in [0.2, 0.25) is 0 Å². The molecule has 0 fully saturated rings. The Balaban J connectivity index is 1.06. The summed E-state index contributed by atoms with van der Waals surface area (Å²) in [5.74, 6) is 0. The van der Waals surface area contributed by atoms with Gasteiger partial charge in [0.15, 0.2) is 0 Å². The van der Waals surface area contributed by atoms with Gasteiger partial charge in [-0.15, -0.1) is 0 Å². The van der Waals surface area contributed by atoms with Crippen LogP contribution in [-0.4, -0.2) is 15.5 Å². The lowest BCUT2D eigenvalue weighted by atomic mass is 9.33. The minimum atomic E-state index is -0.113. The molecule has 6 heteroatoms. The first-order valence-corrected chi connectivity index (χ1v) is 25.0. The van der Waals surface area contributed by atoms with Crippen molar-refractivity contribution in [2.45, 2.75) is 0 Å². The summed E-state index contributed by atoms with van der Waals surface area (Å²) in [6, 6.07) is 90.4. The third-order valence-corrected chi connectivity index (χ3v) is 16.1. The van der Waals surface area contributed by atoms with E-state index in [9.17, 15) is 0 Å². The Hall–Kier alpha value is -9.52. The maximum Gasteiger partial charge on any atom is 0.252 e. The molecule has 0 saturated carbocycles. The van der Waals surface area contributed by atoms with Crippen molar-refractivity contribution in [3.63, 3.8) is 0 Å². The van der Waals surface area contributed by atoms with Gasteiger partial charge >= 0.3 is 0 Å². The number of aromatic nitrogens is 2. The van der Waals surface area contributed by atoms with Crippen molar-refractivity contribution in [1.82, 2.24) is 8.80 Å². The number of para-hydroxylation sites is 8. The van der Waals surface area contributed by atoms with Crippen molar-refractivity contribution in [3.05, 3.63) is 243 Å². The average molecular weight is 914 g/mol. The molecule has 0 saturated heterocycles. The smallest absolute Gasteiger partial charge is 0.252 e. The molecule has 0 N–H and O–H groups in total. The highest BCUT2D eigenvalue weighted by molar-refractivity contribution is 7.00.